The fourth-order valence-electron chi connectivity index (χ4n) is 3.17. The van der Waals surface area contributed by atoms with E-state index in [0.29, 0.717) is 21.6 Å². The molecule has 4 rings (SSSR count). The summed E-state index contributed by atoms with van der Waals surface area (Å²) in [4.78, 5) is 4.96. The van der Waals surface area contributed by atoms with Crippen LogP contribution in [0.1, 0.15) is 5.56 Å². The topological polar surface area (TPSA) is 123 Å². The van der Waals surface area contributed by atoms with Crippen molar-refractivity contribution in [2.24, 2.45) is 5.14 Å². The van der Waals surface area contributed by atoms with E-state index in [-0.39, 0.29) is 5.75 Å². The second-order valence-corrected chi connectivity index (χ2v) is 8.53. The molecule has 0 radical (unpaired) electrons. The first-order valence-electron chi connectivity index (χ1n) is 9.02. The smallest absolute Gasteiger partial charge is 0.370 e. The number of hydrogen-bond donors (Lipinski definition) is 2. The predicted molar refractivity (Wildman–Crippen MR) is 121 cm³/mol. The highest BCUT2D eigenvalue weighted by atomic mass is 32.2. The molecule has 0 aliphatic heterocycles. The van der Waals surface area contributed by atoms with Crippen LogP contribution < -0.4 is 14.7 Å². The minimum absolute atomic E-state index is 0.107. The van der Waals surface area contributed by atoms with Crippen molar-refractivity contribution in [3.8, 4) is 22.9 Å². The van der Waals surface area contributed by atoms with Gasteiger partial charge in [-0.15, -0.1) is 11.8 Å². The molecule has 1 heterocycles. The third-order valence-corrected chi connectivity index (χ3v) is 5.71. The lowest BCUT2D eigenvalue weighted by molar-refractivity contribution is 0.482. The maximum Gasteiger partial charge on any atom is 0.380 e. The lowest BCUT2D eigenvalue weighted by Crippen LogP contribution is -2.19. The fraction of sp³-hybridized carbons (Fsp3) is 0.0476. The Morgan fingerprint density at radius 3 is 2.71 bits per heavy atom. The molecule has 1 aromatic heterocycles. The van der Waals surface area contributed by atoms with Gasteiger partial charge in [0.15, 0.2) is 5.75 Å². The molecule has 0 amide bonds. The van der Waals surface area contributed by atoms with Gasteiger partial charge < -0.3 is 4.18 Å². The van der Waals surface area contributed by atoms with E-state index >= 15 is 0 Å². The van der Waals surface area contributed by atoms with Crippen LogP contribution in [0.4, 0.5) is 5.69 Å². The van der Waals surface area contributed by atoms with Gasteiger partial charge in [0.2, 0.25) is 0 Å². The minimum atomic E-state index is -4.19. The Balaban J connectivity index is 1.76. The Morgan fingerprint density at radius 1 is 1.16 bits per heavy atom. The Hall–Kier alpha value is -3.52. The molecule has 0 bridgehead atoms. The number of imidazole rings is 1. The van der Waals surface area contributed by atoms with Crippen molar-refractivity contribution < 1.29 is 12.6 Å². The Kier molecular flexibility index (Phi) is 5.56. The van der Waals surface area contributed by atoms with Crippen LogP contribution >= 0.6 is 11.8 Å². The number of hydrogen-bond acceptors (Lipinski definition) is 7. The van der Waals surface area contributed by atoms with Crippen LogP contribution in [0.3, 0.4) is 0 Å². The van der Waals surface area contributed by atoms with E-state index in [4.69, 9.17) is 9.32 Å². The second-order valence-electron chi connectivity index (χ2n) is 6.53. The number of para-hydroxylation sites is 2. The van der Waals surface area contributed by atoms with E-state index in [1.807, 2.05) is 30.3 Å². The van der Waals surface area contributed by atoms with Gasteiger partial charge in [0.25, 0.3) is 0 Å². The number of benzene rings is 3. The number of anilines is 1. The lowest BCUT2D eigenvalue weighted by Gasteiger charge is -2.13. The summed E-state index contributed by atoms with van der Waals surface area (Å²) in [6.07, 6.45) is 3.47. The van der Waals surface area contributed by atoms with E-state index in [1.54, 1.807) is 47.6 Å². The average Bonchev–Trinajstić information content (AvgIpc) is 3.15. The zero-order valence-corrected chi connectivity index (χ0v) is 17.9. The molecule has 3 aromatic carbocycles. The standard InChI is InChI=1S/C21H17N5O3S2/c1-30-21-9-7-14(10-20(21)29-31(23,27)28)17-11-16(8-6-15(17)12-22)25-26-13-24-18-4-2-3-5-19(18)26/h2-11,13,25H,1H3,(H2,23,27,28). The summed E-state index contributed by atoms with van der Waals surface area (Å²) in [5.41, 5.74) is 7.39. The van der Waals surface area contributed by atoms with Gasteiger partial charge in [-0.3, -0.25) is 5.43 Å². The number of nitriles is 1. The highest BCUT2D eigenvalue weighted by Crippen LogP contribution is 2.35. The summed E-state index contributed by atoms with van der Waals surface area (Å²) in [6.45, 7) is 0. The molecule has 8 nitrogen and oxygen atoms in total. The number of nitrogens with zero attached hydrogens (tertiary/aromatic N) is 3. The van der Waals surface area contributed by atoms with Gasteiger partial charge in [-0.05, 0) is 54.3 Å². The quantitative estimate of drug-likeness (QED) is 0.428. The zero-order valence-electron chi connectivity index (χ0n) is 16.3. The number of rotatable bonds is 6. The maximum atomic E-state index is 11.5. The Bertz CT molecular complexity index is 1420. The van der Waals surface area contributed by atoms with Crippen LogP contribution in [0, 0.1) is 11.3 Å². The molecule has 0 atom stereocenters. The van der Waals surface area contributed by atoms with Crippen LogP contribution in [0.5, 0.6) is 5.75 Å². The fourth-order valence-corrected chi connectivity index (χ4v) is 4.12. The maximum absolute atomic E-state index is 11.5. The van der Waals surface area contributed by atoms with Crippen LogP contribution in [-0.2, 0) is 10.3 Å². The second kappa shape index (κ2) is 8.31. The van der Waals surface area contributed by atoms with Crippen LogP contribution in [0.2, 0.25) is 0 Å². The summed E-state index contributed by atoms with van der Waals surface area (Å²) in [5, 5.41) is 14.6. The molecule has 0 spiro atoms. The Labute approximate surface area is 183 Å². The Morgan fingerprint density at radius 2 is 1.97 bits per heavy atom. The van der Waals surface area contributed by atoms with Crippen molar-refractivity contribution in [2.75, 3.05) is 11.7 Å². The van der Waals surface area contributed by atoms with Gasteiger partial charge in [-0.2, -0.15) is 18.8 Å². The number of nitrogens with two attached hydrogens (primary N) is 1. The molecule has 10 heteroatoms. The summed E-state index contributed by atoms with van der Waals surface area (Å²) in [5.74, 6) is 0.107. The van der Waals surface area contributed by atoms with Gasteiger partial charge in [0, 0.05) is 5.56 Å². The predicted octanol–water partition coefficient (Wildman–Crippen LogP) is 3.75. The molecule has 0 aliphatic carbocycles. The van der Waals surface area contributed by atoms with E-state index < -0.39 is 10.3 Å². The average molecular weight is 452 g/mol. The van der Waals surface area contributed by atoms with Crippen LogP contribution in [-0.4, -0.2) is 24.3 Å². The third kappa shape index (κ3) is 4.49. The van der Waals surface area contributed by atoms with E-state index in [2.05, 4.69) is 16.5 Å². The molecule has 0 aliphatic rings. The zero-order chi connectivity index (χ0) is 22.0. The first-order valence-corrected chi connectivity index (χ1v) is 11.7. The first-order chi connectivity index (χ1) is 14.9. The summed E-state index contributed by atoms with van der Waals surface area (Å²) >= 11 is 1.32. The van der Waals surface area contributed by atoms with Crippen molar-refractivity contribution in [1.82, 2.24) is 9.66 Å². The van der Waals surface area contributed by atoms with Crippen molar-refractivity contribution >= 4 is 38.8 Å². The molecule has 0 fully saturated rings. The number of aromatic nitrogens is 2. The molecule has 156 valence electrons. The molecule has 31 heavy (non-hydrogen) atoms. The van der Waals surface area contributed by atoms with E-state index in [9.17, 15) is 13.7 Å². The highest BCUT2D eigenvalue weighted by molar-refractivity contribution is 7.98. The summed E-state index contributed by atoms with van der Waals surface area (Å²) in [6, 6.07) is 20.2. The molecular formula is C21H17N5O3S2. The van der Waals surface area contributed by atoms with Crippen molar-refractivity contribution in [3.05, 3.63) is 72.6 Å². The van der Waals surface area contributed by atoms with Gasteiger partial charge in [-0.1, -0.05) is 18.2 Å². The lowest BCUT2D eigenvalue weighted by atomic mass is 9.99. The van der Waals surface area contributed by atoms with Gasteiger partial charge in [-0.25, -0.2) is 9.66 Å². The molecule has 4 aromatic rings. The van der Waals surface area contributed by atoms with Gasteiger partial charge in [0.1, 0.15) is 6.33 Å². The van der Waals surface area contributed by atoms with Gasteiger partial charge >= 0.3 is 10.3 Å². The summed E-state index contributed by atoms with van der Waals surface area (Å²) < 4.78 is 29.6. The SMILES string of the molecule is CSc1ccc(-c2cc(Nn3cnc4ccccc43)ccc2C#N)cc1OS(N)(=O)=O. The molecular weight excluding hydrogens is 434 g/mol. The molecule has 0 unspecified atom stereocenters. The normalized spacial score (nSPS) is 11.3. The van der Waals surface area contributed by atoms with Crippen LogP contribution in [0.25, 0.3) is 22.2 Å². The minimum Gasteiger partial charge on any atom is -0.370 e. The van der Waals surface area contributed by atoms with Gasteiger partial charge in [0.05, 0.1) is 33.2 Å². The third-order valence-electron chi connectivity index (χ3n) is 4.52. The highest BCUT2D eigenvalue weighted by Gasteiger charge is 2.14. The largest absolute Gasteiger partial charge is 0.380 e. The van der Waals surface area contributed by atoms with Crippen molar-refractivity contribution in [2.45, 2.75) is 4.90 Å². The first kappa shape index (κ1) is 20.7. The molecule has 0 saturated heterocycles. The number of thioether (sulfide) groups is 1. The molecule has 3 N–H and O–H groups in total. The monoisotopic (exact) mass is 451 g/mol. The van der Waals surface area contributed by atoms with E-state index in [0.717, 1.165) is 16.7 Å². The van der Waals surface area contributed by atoms with E-state index in [1.165, 1.54) is 11.8 Å². The molecule has 0 saturated carbocycles. The van der Waals surface area contributed by atoms with Crippen LogP contribution in [0.15, 0.2) is 71.9 Å². The number of fused-ring (bicyclic) bond motifs is 1. The summed E-state index contributed by atoms with van der Waals surface area (Å²) in [7, 11) is -4.19. The van der Waals surface area contributed by atoms with Crippen molar-refractivity contribution in [3.63, 3.8) is 0 Å². The van der Waals surface area contributed by atoms with Crippen molar-refractivity contribution in [1.29, 1.82) is 5.26 Å². The number of nitrogens with one attached hydrogen (secondary N) is 1.